The van der Waals surface area contributed by atoms with Crippen LogP contribution < -0.4 is 14.8 Å². The number of carbonyl (C=O) groups excluding carboxylic acids is 1. The van der Waals surface area contributed by atoms with Crippen molar-refractivity contribution >= 4 is 34.2 Å². The molecular formula is C25H26ClN3O6. The van der Waals surface area contributed by atoms with Crippen LogP contribution in [0.1, 0.15) is 24.4 Å². The second-order valence-electron chi connectivity index (χ2n) is 8.99. The van der Waals surface area contributed by atoms with Gasteiger partial charge >= 0.3 is 0 Å². The zero-order valence-corrected chi connectivity index (χ0v) is 19.9. The third-order valence-corrected chi connectivity index (χ3v) is 6.46. The number of fused-ring (bicyclic) bond motifs is 2. The Balaban J connectivity index is 1.38. The fraction of sp³-hybridized carbons (Fsp3) is 0.360. The molecule has 2 aliphatic heterocycles. The van der Waals surface area contributed by atoms with Crippen molar-refractivity contribution in [1.82, 2.24) is 10.2 Å². The van der Waals surface area contributed by atoms with Gasteiger partial charge in [0.2, 0.25) is 5.71 Å². The topological polar surface area (TPSA) is 117 Å². The van der Waals surface area contributed by atoms with Crippen molar-refractivity contribution in [1.29, 1.82) is 0 Å². The Morgan fingerprint density at radius 3 is 2.69 bits per heavy atom. The minimum atomic E-state index is -1.04. The number of amides is 1. The minimum Gasteiger partial charge on any atom is -0.486 e. The number of oxime groups is 1. The molecule has 0 unspecified atom stereocenters. The fourth-order valence-electron chi connectivity index (χ4n) is 4.53. The van der Waals surface area contributed by atoms with Gasteiger partial charge in [0, 0.05) is 30.0 Å². The number of likely N-dealkylation sites (tertiary alicyclic amines) is 1. The van der Waals surface area contributed by atoms with Crippen molar-refractivity contribution in [3.8, 4) is 11.5 Å². The van der Waals surface area contributed by atoms with Crippen molar-refractivity contribution < 1.29 is 29.0 Å². The molecule has 184 valence electrons. The quantitative estimate of drug-likeness (QED) is 0.259. The lowest BCUT2D eigenvalue weighted by Gasteiger charge is -2.40. The first kappa shape index (κ1) is 23.5. The van der Waals surface area contributed by atoms with E-state index >= 15 is 0 Å². The van der Waals surface area contributed by atoms with E-state index in [9.17, 15) is 15.1 Å². The highest BCUT2D eigenvalue weighted by atomic mass is 35.5. The lowest BCUT2D eigenvalue weighted by Crippen LogP contribution is -2.54. The van der Waals surface area contributed by atoms with Crippen molar-refractivity contribution in [3.05, 3.63) is 58.8 Å². The Bertz CT molecular complexity index is 1270. The van der Waals surface area contributed by atoms with Crippen molar-refractivity contribution in [2.24, 2.45) is 11.1 Å². The molecule has 3 aromatic rings. The zero-order chi connectivity index (χ0) is 24.5. The van der Waals surface area contributed by atoms with Gasteiger partial charge in [0.05, 0.1) is 6.04 Å². The predicted molar refractivity (Wildman–Crippen MR) is 129 cm³/mol. The Kier molecular flexibility index (Phi) is 6.55. The van der Waals surface area contributed by atoms with Crippen molar-refractivity contribution in [2.45, 2.75) is 19.1 Å². The molecule has 35 heavy (non-hydrogen) atoms. The number of rotatable bonds is 7. The number of benzene rings is 2. The van der Waals surface area contributed by atoms with Gasteiger partial charge in [-0.3, -0.25) is 4.79 Å². The van der Waals surface area contributed by atoms with Crippen LogP contribution in [0.25, 0.3) is 11.0 Å². The number of aliphatic hydroxyl groups is 1. The maximum absolute atomic E-state index is 13.2. The molecule has 5 rings (SSSR count). The summed E-state index contributed by atoms with van der Waals surface area (Å²) < 4.78 is 16.9. The number of ether oxygens (including phenoxy) is 2. The summed E-state index contributed by atoms with van der Waals surface area (Å²) in [7, 11) is 0. The van der Waals surface area contributed by atoms with Crippen LogP contribution in [-0.4, -0.2) is 65.7 Å². The summed E-state index contributed by atoms with van der Waals surface area (Å²) in [5.74, 6) is 1.13. The summed E-state index contributed by atoms with van der Waals surface area (Å²) in [5, 5.41) is 28.1. The Morgan fingerprint density at radius 1 is 1.17 bits per heavy atom. The molecule has 0 aliphatic carbocycles. The van der Waals surface area contributed by atoms with Gasteiger partial charge in [-0.05, 0) is 47.9 Å². The number of hydrogen-bond donors (Lipinski definition) is 3. The van der Waals surface area contributed by atoms with Gasteiger partial charge in [-0.25, -0.2) is 0 Å². The van der Waals surface area contributed by atoms with Crippen LogP contribution in [0.15, 0.2) is 52.0 Å². The molecule has 3 N–H and O–H groups in total. The number of halogens is 1. The molecule has 2 aromatic carbocycles. The van der Waals surface area contributed by atoms with E-state index in [0.29, 0.717) is 58.7 Å². The minimum absolute atomic E-state index is 0.0902. The third-order valence-electron chi connectivity index (χ3n) is 6.23. The molecule has 1 amide bonds. The maximum Gasteiger partial charge on any atom is 0.277 e. The van der Waals surface area contributed by atoms with Crippen LogP contribution in [-0.2, 0) is 4.79 Å². The summed E-state index contributed by atoms with van der Waals surface area (Å²) in [6, 6.07) is 11.1. The fourth-order valence-corrected chi connectivity index (χ4v) is 4.71. The Morgan fingerprint density at radius 2 is 1.94 bits per heavy atom. The summed E-state index contributed by atoms with van der Waals surface area (Å²) >= 11 is 6.04. The average Bonchev–Trinajstić information content (AvgIpc) is 3.24. The molecule has 0 bridgehead atoms. The normalized spacial score (nSPS) is 18.2. The van der Waals surface area contributed by atoms with Crippen LogP contribution in [0.2, 0.25) is 5.02 Å². The summed E-state index contributed by atoms with van der Waals surface area (Å²) in [6.07, 6.45) is -1.04. The van der Waals surface area contributed by atoms with E-state index < -0.39 is 18.1 Å². The summed E-state index contributed by atoms with van der Waals surface area (Å²) in [6.45, 7) is 5.19. The highest BCUT2D eigenvalue weighted by Gasteiger charge is 2.32. The molecule has 3 heterocycles. The number of furan rings is 1. The van der Waals surface area contributed by atoms with Gasteiger partial charge in [0.15, 0.2) is 17.3 Å². The SMILES string of the molecule is CC1CN(C[C@@H](NC(=O)/C(=N/O)c2cc3cc(Cl)ccc3o2)[C@H](O)c2ccc3c(c2)OCCO3)C1. The number of nitrogens with zero attached hydrogens (tertiary/aromatic N) is 2. The van der Waals surface area contributed by atoms with Gasteiger partial charge in [0.25, 0.3) is 5.91 Å². The average molecular weight is 500 g/mol. The standard InChI is InChI=1S/C25H26ClN3O6/c1-14-11-29(12-14)13-18(24(30)15-2-4-20-21(9-15)34-7-6-33-20)27-25(31)23(28-32)22-10-16-8-17(26)3-5-19(16)35-22/h2-5,8-10,14,18,24,30,32H,6-7,11-13H2,1H3,(H,27,31)/b28-23+/t18-,24-/m1/s1. The first-order chi connectivity index (χ1) is 16.9. The van der Waals surface area contributed by atoms with E-state index in [1.54, 1.807) is 42.5 Å². The third kappa shape index (κ3) is 4.93. The predicted octanol–water partition coefficient (Wildman–Crippen LogP) is 3.21. The van der Waals surface area contributed by atoms with E-state index in [1.807, 2.05) is 0 Å². The Hall–Kier alpha value is -3.27. The molecule has 2 aliphatic rings. The van der Waals surface area contributed by atoms with E-state index in [-0.39, 0.29) is 11.5 Å². The number of aliphatic hydroxyl groups excluding tert-OH is 1. The van der Waals surface area contributed by atoms with Gasteiger partial charge < -0.3 is 34.4 Å². The maximum atomic E-state index is 13.2. The molecule has 1 saturated heterocycles. The van der Waals surface area contributed by atoms with Crippen LogP contribution in [0.4, 0.5) is 0 Å². The highest BCUT2D eigenvalue weighted by Crippen LogP contribution is 2.34. The lowest BCUT2D eigenvalue weighted by atomic mass is 9.97. The van der Waals surface area contributed by atoms with Crippen LogP contribution in [0.3, 0.4) is 0 Å². The van der Waals surface area contributed by atoms with Crippen molar-refractivity contribution in [2.75, 3.05) is 32.8 Å². The van der Waals surface area contributed by atoms with Crippen LogP contribution in [0, 0.1) is 5.92 Å². The Labute approximate surface area is 206 Å². The molecule has 0 radical (unpaired) electrons. The first-order valence-electron chi connectivity index (χ1n) is 11.4. The summed E-state index contributed by atoms with van der Waals surface area (Å²) in [4.78, 5) is 15.3. The van der Waals surface area contributed by atoms with Gasteiger partial charge in [-0.15, -0.1) is 0 Å². The summed E-state index contributed by atoms with van der Waals surface area (Å²) in [5.41, 5.74) is 0.781. The zero-order valence-electron chi connectivity index (χ0n) is 19.1. The molecule has 2 atom stereocenters. The lowest BCUT2D eigenvalue weighted by molar-refractivity contribution is -0.116. The molecule has 1 fully saturated rings. The second-order valence-corrected chi connectivity index (χ2v) is 9.43. The van der Waals surface area contributed by atoms with Crippen LogP contribution >= 0.6 is 11.6 Å². The monoisotopic (exact) mass is 499 g/mol. The van der Waals surface area contributed by atoms with Gasteiger partial charge in [-0.1, -0.05) is 29.7 Å². The number of hydrogen-bond acceptors (Lipinski definition) is 8. The highest BCUT2D eigenvalue weighted by molar-refractivity contribution is 6.44. The van der Waals surface area contributed by atoms with Gasteiger partial charge in [-0.2, -0.15) is 0 Å². The molecule has 9 nitrogen and oxygen atoms in total. The molecule has 10 heteroatoms. The second kappa shape index (κ2) is 9.77. The van der Waals surface area contributed by atoms with E-state index in [1.165, 1.54) is 0 Å². The first-order valence-corrected chi connectivity index (χ1v) is 11.8. The number of nitrogens with one attached hydrogen (secondary N) is 1. The molecular weight excluding hydrogens is 474 g/mol. The molecule has 0 spiro atoms. The van der Waals surface area contributed by atoms with Crippen molar-refractivity contribution in [3.63, 3.8) is 0 Å². The largest absolute Gasteiger partial charge is 0.486 e. The van der Waals surface area contributed by atoms with E-state index in [2.05, 4.69) is 22.3 Å². The van der Waals surface area contributed by atoms with Crippen LogP contribution in [0.5, 0.6) is 11.5 Å². The molecule has 0 saturated carbocycles. The van der Waals surface area contributed by atoms with E-state index in [0.717, 1.165) is 13.1 Å². The van der Waals surface area contributed by atoms with Gasteiger partial charge in [0.1, 0.15) is 24.9 Å². The van der Waals surface area contributed by atoms with E-state index in [4.69, 9.17) is 25.5 Å². The number of carbonyl (C=O) groups is 1. The smallest absolute Gasteiger partial charge is 0.277 e. The molecule has 1 aromatic heterocycles.